The van der Waals surface area contributed by atoms with Gasteiger partial charge in [-0.25, -0.2) is 0 Å². The van der Waals surface area contributed by atoms with Gasteiger partial charge in [0.2, 0.25) is 0 Å². The Morgan fingerprint density at radius 2 is 1.67 bits per heavy atom. The molecule has 0 N–H and O–H groups in total. The SMILES string of the molecule is CCCCCCCCOc1ccc(C(=S)S)cc1. The third kappa shape index (κ3) is 6.41. The maximum Gasteiger partial charge on any atom is 0.119 e. The maximum absolute atomic E-state index is 5.68. The highest BCUT2D eigenvalue weighted by atomic mass is 32.1. The van der Waals surface area contributed by atoms with Crippen molar-refractivity contribution in [1.82, 2.24) is 0 Å². The standard InChI is InChI=1S/C15H22OS2/c1-2-3-4-5-6-7-12-16-14-10-8-13(9-11-14)15(17)18/h8-11H,2-7,12H2,1H3,(H,17,18). The summed E-state index contributed by atoms with van der Waals surface area (Å²) in [6.45, 7) is 3.04. The molecule has 100 valence electrons. The van der Waals surface area contributed by atoms with Gasteiger partial charge in [0, 0.05) is 0 Å². The normalized spacial score (nSPS) is 10.3. The number of hydrogen-bond acceptors (Lipinski definition) is 2. The summed E-state index contributed by atoms with van der Waals surface area (Å²) < 4.78 is 6.30. The van der Waals surface area contributed by atoms with E-state index in [0.29, 0.717) is 4.20 Å². The molecule has 0 spiro atoms. The lowest BCUT2D eigenvalue weighted by Gasteiger charge is -2.06. The zero-order valence-electron chi connectivity index (χ0n) is 11.0. The summed E-state index contributed by atoms with van der Waals surface area (Å²) >= 11 is 9.12. The molecule has 0 radical (unpaired) electrons. The topological polar surface area (TPSA) is 9.23 Å². The van der Waals surface area contributed by atoms with Gasteiger partial charge in [-0.15, -0.1) is 12.6 Å². The van der Waals surface area contributed by atoms with Crippen LogP contribution in [-0.4, -0.2) is 10.8 Å². The lowest BCUT2D eigenvalue weighted by molar-refractivity contribution is 0.304. The second kappa shape index (κ2) is 9.40. The van der Waals surface area contributed by atoms with Crippen LogP contribution in [0.25, 0.3) is 0 Å². The monoisotopic (exact) mass is 282 g/mol. The number of hydrogen-bond donors (Lipinski definition) is 1. The molecule has 3 heteroatoms. The second-order valence-electron chi connectivity index (χ2n) is 4.45. The minimum absolute atomic E-state index is 0.623. The van der Waals surface area contributed by atoms with Crippen molar-refractivity contribution >= 4 is 29.0 Å². The van der Waals surface area contributed by atoms with Crippen LogP contribution in [0.5, 0.6) is 5.75 Å². The Morgan fingerprint density at radius 1 is 1.06 bits per heavy atom. The average Bonchev–Trinajstić information content (AvgIpc) is 2.38. The molecule has 0 amide bonds. The van der Waals surface area contributed by atoms with Crippen molar-refractivity contribution in [2.45, 2.75) is 45.4 Å². The second-order valence-corrected chi connectivity index (χ2v) is 5.60. The largest absolute Gasteiger partial charge is 0.494 e. The van der Waals surface area contributed by atoms with Gasteiger partial charge in [-0.05, 0) is 36.2 Å². The summed E-state index contributed by atoms with van der Waals surface area (Å²) in [6.07, 6.45) is 7.73. The fourth-order valence-corrected chi connectivity index (χ4v) is 2.05. The van der Waals surface area contributed by atoms with E-state index in [1.807, 2.05) is 24.3 Å². The van der Waals surface area contributed by atoms with E-state index < -0.39 is 0 Å². The van der Waals surface area contributed by atoms with Gasteiger partial charge in [-0.3, -0.25) is 0 Å². The smallest absolute Gasteiger partial charge is 0.119 e. The number of benzene rings is 1. The quantitative estimate of drug-likeness (QED) is 0.386. The van der Waals surface area contributed by atoms with Gasteiger partial charge in [0.25, 0.3) is 0 Å². The average molecular weight is 282 g/mol. The van der Waals surface area contributed by atoms with Crippen LogP contribution in [0.15, 0.2) is 24.3 Å². The van der Waals surface area contributed by atoms with Crippen LogP contribution >= 0.6 is 24.8 Å². The fourth-order valence-electron chi connectivity index (χ4n) is 1.77. The third-order valence-electron chi connectivity index (χ3n) is 2.87. The van der Waals surface area contributed by atoms with E-state index >= 15 is 0 Å². The van der Waals surface area contributed by atoms with Crippen molar-refractivity contribution in [2.24, 2.45) is 0 Å². The molecule has 0 unspecified atom stereocenters. The first-order chi connectivity index (χ1) is 8.74. The van der Waals surface area contributed by atoms with E-state index in [-0.39, 0.29) is 0 Å². The number of unbranched alkanes of at least 4 members (excludes halogenated alkanes) is 5. The van der Waals surface area contributed by atoms with Gasteiger partial charge < -0.3 is 4.74 Å². The Hall–Kier alpha value is -0.540. The summed E-state index contributed by atoms with van der Waals surface area (Å²) in [5.74, 6) is 0.914. The van der Waals surface area contributed by atoms with E-state index in [1.165, 1.54) is 32.1 Å². The molecule has 18 heavy (non-hydrogen) atoms. The van der Waals surface area contributed by atoms with Gasteiger partial charge in [0.15, 0.2) is 0 Å². The molecule has 0 fully saturated rings. The minimum Gasteiger partial charge on any atom is -0.494 e. The zero-order valence-corrected chi connectivity index (χ0v) is 12.7. The molecule has 0 aliphatic rings. The van der Waals surface area contributed by atoms with Gasteiger partial charge in [0.05, 0.1) is 10.8 Å². The van der Waals surface area contributed by atoms with Crippen LogP contribution in [0.1, 0.15) is 51.0 Å². The predicted octanol–water partition coefficient (Wildman–Crippen LogP) is 5.03. The molecular formula is C15H22OS2. The van der Waals surface area contributed by atoms with Crippen molar-refractivity contribution in [3.63, 3.8) is 0 Å². The van der Waals surface area contributed by atoms with Gasteiger partial charge in [-0.1, -0.05) is 51.2 Å². The highest BCUT2D eigenvalue weighted by molar-refractivity contribution is 8.11. The first-order valence-corrected chi connectivity index (χ1v) is 7.55. The van der Waals surface area contributed by atoms with E-state index in [2.05, 4.69) is 19.6 Å². The highest BCUT2D eigenvalue weighted by Gasteiger charge is 1.97. The molecule has 0 aromatic heterocycles. The number of thiocarbonyl (C=S) groups is 1. The van der Waals surface area contributed by atoms with Crippen molar-refractivity contribution in [3.8, 4) is 5.75 Å². The van der Waals surface area contributed by atoms with E-state index in [9.17, 15) is 0 Å². The Balaban J connectivity index is 2.14. The summed E-state index contributed by atoms with van der Waals surface area (Å²) in [5.41, 5.74) is 0.972. The fraction of sp³-hybridized carbons (Fsp3) is 0.533. The number of rotatable bonds is 9. The lowest BCUT2D eigenvalue weighted by atomic mass is 10.1. The molecule has 0 atom stereocenters. The number of ether oxygens (including phenoxy) is 1. The van der Waals surface area contributed by atoms with E-state index in [0.717, 1.165) is 24.3 Å². The van der Waals surface area contributed by atoms with E-state index in [1.54, 1.807) is 0 Å². The van der Waals surface area contributed by atoms with Gasteiger partial charge in [0.1, 0.15) is 5.75 Å². The molecule has 1 rings (SSSR count). The molecule has 0 saturated heterocycles. The summed E-state index contributed by atoms with van der Waals surface area (Å²) in [4.78, 5) is 0. The zero-order chi connectivity index (χ0) is 13.2. The molecule has 0 aliphatic carbocycles. The minimum atomic E-state index is 0.623. The Bertz CT molecular complexity index is 346. The summed E-state index contributed by atoms with van der Waals surface area (Å²) in [6, 6.07) is 7.81. The molecule has 1 aromatic carbocycles. The molecular weight excluding hydrogens is 260 g/mol. The first kappa shape index (κ1) is 15.5. The van der Waals surface area contributed by atoms with Crippen molar-refractivity contribution in [1.29, 1.82) is 0 Å². The van der Waals surface area contributed by atoms with Gasteiger partial charge >= 0.3 is 0 Å². The predicted molar refractivity (Wildman–Crippen MR) is 86.0 cm³/mol. The van der Waals surface area contributed by atoms with Crippen LogP contribution in [0.3, 0.4) is 0 Å². The van der Waals surface area contributed by atoms with Gasteiger partial charge in [-0.2, -0.15) is 0 Å². The Labute approximate surface area is 121 Å². The lowest BCUT2D eigenvalue weighted by Crippen LogP contribution is -1.97. The summed E-state index contributed by atoms with van der Waals surface area (Å²) in [7, 11) is 0. The Morgan fingerprint density at radius 3 is 2.28 bits per heavy atom. The molecule has 0 saturated carbocycles. The van der Waals surface area contributed by atoms with Crippen LogP contribution in [0.2, 0.25) is 0 Å². The highest BCUT2D eigenvalue weighted by Crippen LogP contribution is 2.14. The third-order valence-corrected chi connectivity index (χ3v) is 3.36. The van der Waals surface area contributed by atoms with Crippen molar-refractivity contribution < 1.29 is 4.74 Å². The van der Waals surface area contributed by atoms with E-state index in [4.69, 9.17) is 17.0 Å². The first-order valence-electron chi connectivity index (χ1n) is 6.70. The van der Waals surface area contributed by atoms with Crippen LogP contribution in [-0.2, 0) is 0 Å². The molecule has 0 aliphatic heterocycles. The van der Waals surface area contributed by atoms with Crippen molar-refractivity contribution in [2.75, 3.05) is 6.61 Å². The van der Waals surface area contributed by atoms with Crippen molar-refractivity contribution in [3.05, 3.63) is 29.8 Å². The Kier molecular flexibility index (Phi) is 8.10. The molecule has 0 heterocycles. The van der Waals surface area contributed by atoms with Crippen LogP contribution in [0, 0.1) is 0 Å². The molecule has 0 bridgehead atoms. The molecule has 1 nitrogen and oxygen atoms in total. The summed E-state index contributed by atoms with van der Waals surface area (Å²) in [5, 5.41) is 0. The number of thiol groups is 1. The van der Waals surface area contributed by atoms with Crippen LogP contribution < -0.4 is 4.74 Å². The maximum atomic E-state index is 5.68. The van der Waals surface area contributed by atoms with Crippen LogP contribution in [0.4, 0.5) is 0 Å². The molecule has 1 aromatic rings.